The quantitative estimate of drug-likeness (QED) is 0.850. The average Bonchev–Trinajstić information content (AvgIpc) is 2.72. The first-order chi connectivity index (χ1) is 9.60. The van der Waals surface area contributed by atoms with Crippen molar-refractivity contribution in [2.45, 2.75) is 31.8 Å². The van der Waals surface area contributed by atoms with Crippen LogP contribution in [0.4, 0.5) is 4.39 Å². The lowest BCUT2D eigenvalue weighted by Gasteiger charge is -2.23. The summed E-state index contributed by atoms with van der Waals surface area (Å²) in [7, 11) is 1.38. The van der Waals surface area contributed by atoms with Crippen molar-refractivity contribution in [3.8, 4) is 0 Å². The summed E-state index contributed by atoms with van der Waals surface area (Å²) in [6.45, 7) is 0.663. The van der Waals surface area contributed by atoms with Crippen molar-refractivity contribution in [1.82, 2.24) is 4.57 Å². The van der Waals surface area contributed by atoms with Gasteiger partial charge in [-0.05, 0) is 36.6 Å². The third kappa shape index (κ3) is 2.08. The van der Waals surface area contributed by atoms with Gasteiger partial charge in [0.1, 0.15) is 5.82 Å². The van der Waals surface area contributed by atoms with E-state index in [4.69, 9.17) is 10.5 Å². The molecule has 2 heterocycles. The van der Waals surface area contributed by atoms with Crippen molar-refractivity contribution in [3.63, 3.8) is 0 Å². The first-order valence-corrected chi connectivity index (χ1v) is 6.72. The number of carbonyl (C=O) groups excluding carboxylic acids is 1. The van der Waals surface area contributed by atoms with Crippen molar-refractivity contribution >= 4 is 16.9 Å². The molecule has 1 aliphatic rings. The van der Waals surface area contributed by atoms with E-state index in [1.807, 2.05) is 4.57 Å². The fraction of sp³-hybridized carbons (Fsp3) is 0.400. The summed E-state index contributed by atoms with van der Waals surface area (Å²) in [5, 5.41) is 0.918. The van der Waals surface area contributed by atoms with Gasteiger partial charge in [0.05, 0.1) is 19.0 Å². The van der Waals surface area contributed by atoms with E-state index < -0.39 is 0 Å². The Morgan fingerprint density at radius 3 is 3.10 bits per heavy atom. The highest BCUT2D eigenvalue weighted by Crippen LogP contribution is 2.31. The van der Waals surface area contributed by atoms with Crippen LogP contribution in [0.15, 0.2) is 18.2 Å². The second-order valence-corrected chi connectivity index (χ2v) is 5.25. The summed E-state index contributed by atoms with van der Waals surface area (Å²) >= 11 is 0. The summed E-state index contributed by atoms with van der Waals surface area (Å²) in [5.74, 6) is -0.555. The van der Waals surface area contributed by atoms with Crippen LogP contribution in [0.1, 0.15) is 17.7 Å². The summed E-state index contributed by atoms with van der Waals surface area (Å²) in [6, 6.07) is 4.75. The van der Waals surface area contributed by atoms with Crippen LogP contribution in [0, 0.1) is 5.82 Å². The van der Waals surface area contributed by atoms with Gasteiger partial charge < -0.3 is 15.0 Å². The minimum atomic E-state index is -0.278. The van der Waals surface area contributed by atoms with Crippen LogP contribution in [0.2, 0.25) is 0 Å². The Bertz CT molecular complexity index is 678. The number of rotatable bonds is 2. The second kappa shape index (κ2) is 4.90. The lowest BCUT2D eigenvalue weighted by molar-refractivity contribution is -0.139. The molecule has 0 bridgehead atoms. The van der Waals surface area contributed by atoms with E-state index in [0.29, 0.717) is 6.54 Å². The normalized spacial score (nSPS) is 18.1. The van der Waals surface area contributed by atoms with Gasteiger partial charge in [0.25, 0.3) is 0 Å². The van der Waals surface area contributed by atoms with Gasteiger partial charge in [0.15, 0.2) is 0 Å². The van der Waals surface area contributed by atoms with Crippen LogP contribution in [-0.2, 0) is 28.9 Å². The molecule has 1 aromatic heterocycles. The zero-order valence-corrected chi connectivity index (χ0v) is 11.4. The molecule has 0 spiro atoms. The number of esters is 1. The Morgan fingerprint density at radius 1 is 1.55 bits per heavy atom. The first-order valence-electron chi connectivity index (χ1n) is 6.72. The molecule has 106 valence electrons. The summed E-state index contributed by atoms with van der Waals surface area (Å²) in [4.78, 5) is 11.6. The maximum absolute atomic E-state index is 13.5. The number of nitrogens with zero attached hydrogens (tertiary/aromatic N) is 1. The lowest BCUT2D eigenvalue weighted by atomic mass is 10.0. The Hall–Kier alpha value is -1.88. The van der Waals surface area contributed by atoms with Crippen molar-refractivity contribution in [2.75, 3.05) is 7.11 Å². The molecular weight excluding hydrogens is 259 g/mol. The van der Waals surface area contributed by atoms with Crippen molar-refractivity contribution in [1.29, 1.82) is 0 Å². The first kappa shape index (κ1) is 13.1. The predicted octanol–water partition coefficient (Wildman–Crippen LogP) is 1.77. The predicted molar refractivity (Wildman–Crippen MR) is 73.9 cm³/mol. The van der Waals surface area contributed by atoms with E-state index in [0.717, 1.165) is 35.0 Å². The molecule has 4 nitrogen and oxygen atoms in total. The Kier molecular flexibility index (Phi) is 3.22. The number of aromatic nitrogens is 1. The van der Waals surface area contributed by atoms with Crippen LogP contribution in [0.3, 0.4) is 0 Å². The molecule has 20 heavy (non-hydrogen) atoms. The van der Waals surface area contributed by atoms with Crippen LogP contribution >= 0.6 is 0 Å². The maximum atomic E-state index is 13.5. The van der Waals surface area contributed by atoms with Gasteiger partial charge in [0.2, 0.25) is 0 Å². The van der Waals surface area contributed by atoms with Gasteiger partial charge in [-0.15, -0.1) is 0 Å². The number of fused-ring (bicyclic) bond motifs is 3. The number of halogens is 1. The topological polar surface area (TPSA) is 57.2 Å². The number of ether oxygens (including phenoxy) is 1. The van der Waals surface area contributed by atoms with Gasteiger partial charge >= 0.3 is 5.97 Å². The highest BCUT2D eigenvalue weighted by Gasteiger charge is 2.24. The summed E-state index contributed by atoms with van der Waals surface area (Å²) < 4.78 is 20.3. The molecule has 5 heteroatoms. The Labute approximate surface area is 116 Å². The third-order valence-electron chi connectivity index (χ3n) is 3.97. The monoisotopic (exact) mass is 276 g/mol. The maximum Gasteiger partial charge on any atom is 0.310 e. The highest BCUT2D eigenvalue weighted by atomic mass is 19.1. The minimum Gasteiger partial charge on any atom is -0.469 e. The van der Waals surface area contributed by atoms with Crippen molar-refractivity contribution in [3.05, 3.63) is 35.3 Å². The standard InChI is InChI=1S/C15H17FN2O2/c1-20-15(19)7-12-11-4-2-9(16)6-14(11)18-8-10(17)3-5-13(12)18/h2,4,6,10H,3,5,7-8,17H2,1H3. The Balaban J connectivity index is 2.20. The van der Waals surface area contributed by atoms with Crippen LogP contribution in [0.25, 0.3) is 10.9 Å². The minimum absolute atomic E-state index is 0.0762. The van der Waals surface area contributed by atoms with Crippen LogP contribution in [0.5, 0.6) is 0 Å². The number of nitrogens with two attached hydrogens (primary N) is 1. The lowest BCUT2D eigenvalue weighted by Crippen LogP contribution is -2.32. The molecule has 0 saturated carbocycles. The molecule has 0 saturated heterocycles. The van der Waals surface area contributed by atoms with E-state index in [2.05, 4.69) is 0 Å². The fourth-order valence-corrected chi connectivity index (χ4v) is 3.00. The molecule has 0 aliphatic carbocycles. The van der Waals surface area contributed by atoms with Crippen LogP contribution in [-0.4, -0.2) is 23.7 Å². The zero-order chi connectivity index (χ0) is 14.3. The van der Waals surface area contributed by atoms with Gasteiger partial charge in [-0.3, -0.25) is 4.79 Å². The average molecular weight is 276 g/mol. The number of methoxy groups -OCH3 is 1. The van der Waals surface area contributed by atoms with Gasteiger partial charge in [-0.2, -0.15) is 0 Å². The SMILES string of the molecule is COC(=O)Cc1c2n(c3cc(F)ccc13)CC(N)CC2. The van der Waals surface area contributed by atoms with Gasteiger partial charge in [-0.1, -0.05) is 0 Å². The molecule has 0 amide bonds. The molecule has 2 N–H and O–H groups in total. The molecule has 1 unspecified atom stereocenters. The zero-order valence-electron chi connectivity index (χ0n) is 11.4. The smallest absolute Gasteiger partial charge is 0.310 e. The van der Waals surface area contributed by atoms with E-state index in [1.54, 1.807) is 6.07 Å². The van der Waals surface area contributed by atoms with E-state index in [-0.39, 0.29) is 24.2 Å². The molecule has 1 aliphatic heterocycles. The van der Waals surface area contributed by atoms with Crippen LogP contribution < -0.4 is 5.73 Å². The molecule has 0 fully saturated rings. The number of hydrogen-bond acceptors (Lipinski definition) is 3. The van der Waals surface area contributed by atoms with Crippen molar-refractivity contribution < 1.29 is 13.9 Å². The molecule has 1 aromatic carbocycles. The third-order valence-corrected chi connectivity index (χ3v) is 3.97. The molecule has 3 rings (SSSR count). The highest BCUT2D eigenvalue weighted by molar-refractivity contribution is 5.89. The second-order valence-electron chi connectivity index (χ2n) is 5.25. The molecule has 0 radical (unpaired) electrons. The Morgan fingerprint density at radius 2 is 2.35 bits per heavy atom. The molecular formula is C15H17FN2O2. The fourth-order valence-electron chi connectivity index (χ4n) is 3.00. The van der Waals surface area contributed by atoms with Gasteiger partial charge in [-0.25, -0.2) is 4.39 Å². The number of carbonyl (C=O) groups is 1. The number of benzene rings is 1. The molecule has 1 atom stereocenters. The largest absolute Gasteiger partial charge is 0.469 e. The van der Waals surface area contributed by atoms with E-state index in [1.165, 1.54) is 19.2 Å². The summed E-state index contributed by atoms with van der Waals surface area (Å²) in [6.07, 6.45) is 1.91. The summed E-state index contributed by atoms with van der Waals surface area (Å²) in [5.41, 5.74) is 8.85. The number of hydrogen-bond donors (Lipinski definition) is 1. The van der Waals surface area contributed by atoms with E-state index in [9.17, 15) is 9.18 Å². The van der Waals surface area contributed by atoms with E-state index >= 15 is 0 Å². The van der Waals surface area contributed by atoms with Gasteiger partial charge in [0, 0.05) is 23.7 Å². The molecule has 2 aromatic rings. The van der Waals surface area contributed by atoms with Crippen molar-refractivity contribution in [2.24, 2.45) is 5.73 Å².